The van der Waals surface area contributed by atoms with E-state index in [9.17, 15) is 0 Å². The first-order chi connectivity index (χ1) is 11.4. The van der Waals surface area contributed by atoms with Gasteiger partial charge in [0.15, 0.2) is 0 Å². The molecule has 4 rings (SSSR count). The minimum absolute atomic E-state index is 0.347. The predicted molar refractivity (Wildman–Crippen MR) is 95.4 cm³/mol. The summed E-state index contributed by atoms with van der Waals surface area (Å²) in [5, 5.41) is 5.91. The second kappa shape index (κ2) is 6.53. The van der Waals surface area contributed by atoms with Gasteiger partial charge >= 0.3 is 0 Å². The molecule has 0 bridgehead atoms. The summed E-state index contributed by atoms with van der Waals surface area (Å²) in [6.07, 6.45) is 1.46. The van der Waals surface area contributed by atoms with Gasteiger partial charge in [0.25, 0.3) is 0 Å². The lowest BCUT2D eigenvalue weighted by molar-refractivity contribution is 0.0545. The van der Waals surface area contributed by atoms with Crippen LogP contribution in [0.2, 0.25) is 0 Å². The number of rotatable bonds is 4. The van der Waals surface area contributed by atoms with Crippen LogP contribution in [0.4, 0.5) is 0 Å². The van der Waals surface area contributed by atoms with Crippen molar-refractivity contribution in [2.24, 2.45) is 0 Å². The molecular weight excluding hydrogens is 282 g/mol. The molecule has 1 aliphatic heterocycles. The molecule has 1 heterocycles. The highest BCUT2D eigenvalue weighted by Crippen LogP contribution is 2.28. The average molecular weight is 303 g/mol. The quantitative estimate of drug-likeness (QED) is 0.772. The normalized spacial score (nSPS) is 17.7. The molecule has 0 unspecified atom stereocenters. The first-order valence-electron chi connectivity index (χ1n) is 8.29. The molecule has 1 fully saturated rings. The van der Waals surface area contributed by atoms with E-state index < -0.39 is 0 Å². The molecule has 3 aromatic carbocycles. The van der Waals surface area contributed by atoms with E-state index in [1.807, 2.05) is 0 Å². The van der Waals surface area contributed by atoms with Gasteiger partial charge in [-0.2, -0.15) is 0 Å². The Labute approximate surface area is 137 Å². The van der Waals surface area contributed by atoms with E-state index in [2.05, 4.69) is 72.0 Å². The Hall–Kier alpha value is -2.16. The van der Waals surface area contributed by atoms with Gasteiger partial charge in [0.1, 0.15) is 0 Å². The van der Waals surface area contributed by atoms with Crippen molar-refractivity contribution in [2.75, 3.05) is 13.1 Å². The molecule has 116 valence electrons. The van der Waals surface area contributed by atoms with E-state index in [-0.39, 0.29) is 0 Å². The van der Waals surface area contributed by atoms with E-state index in [4.69, 9.17) is 4.74 Å². The van der Waals surface area contributed by atoms with E-state index >= 15 is 0 Å². The lowest BCUT2D eigenvalue weighted by atomic mass is 9.97. The van der Waals surface area contributed by atoms with Crippen LogP contribution in [0.5, 0.6) is 0 Å². The Morgan fingerprint density at radius 3 is 2.61 bits per heavy atom. The number of hydrogen-bond acceptors (Lipinski definition) is 2. The van der Waals surface area contributed by atoms with E-state index in [1.165, 1.54) is 27.5 Å². The Kier molecular flexibility index (Phi) is 4.10. The summed E-state index contributed by atoms with van der Waals surface area (Å²) in [5.41, 5.74) is 3.78. The number of ether oxygens (including phenoxy) is 1. The molecular formula is C21H21NO. The fraction of sp³-hybridized carbons (Fsp3) is 0.238. The zero-order valence-electron chi connectivity index (χ0n) is 13.2. The van der Waals surface area contributed by atoms with Crippen molar-refractivity contribution in [2.45, 2.75) is 19.1 Å². The second-order valence-corrected chi connectivity index (χ2v) is 6.14. The lowest BCUT2D eigenvalue weighted by Gasteiger charge is -2.14. The molecule has 2 nitrogen and oxygen atoms in total. The van der Waals surface area contributed by atoms with Crippen LogP contribution in [0.25, 0.3) is 21.9 Å². The highest BCUT2D eigenvalue weighted by molar-refractivity contribution is 5.87. The van der Waals surface area contributed by atoms with Gasteiger partial charge in [-0.25, -0.2) is 0 Å². The fourth-order valence-electron chi connectivity index (χ4n) is 3.26. The van der Waals surface area contributed by atoms with Gasteiger partial charge in [-0.1, -0.05) is 60.7 Å². The minimum Gasteiger partial charge on any atom is -0.372 e. The van der Waals surface area contributed by atoms with E-state index in [0.29, 0.717) is 12.7 Å². The molecule has 1 saturated heterocycles. The highest BCUT2D eigenvalue weighted by Gasteiger charge is 2.15. The minimum atomic E-state index is 0.347. The maximum atomic E-state index is 6.08. The standard InChI is InChI=1S/C21H21NO/c1-2-6-17-13-18(10-9-16(17)5-1)21-8-4-3-7-19(21)15-23-20-11-12-22-14-20/h1-10,13,20,22H,11-12,14-15H2/t20-/m0/s1. The first-order valence-corrected chi connectivity index (χ1v) is 8.29. The van der Waals surface area contributed by atoms with Crippen molar-refractivity contribution in [3.8, 4) is 11.1 Å². The first kappa shape index (κ1) is 14.4. The van der Waals surface area contributed by atoms with Crippen LogP contribution in [-0.2, 0) is 11.3 Å². The summed E-state index contributed by atoms with van der Waals surface area (Å²) >= 11 is 0. The van der Waals surface area contributed by atoms with Crippen molar-refractivity contribution in [1.29, 1.82) is 0 Å². The number of benzene rings is 3. The summed E-state index contributed by atoms with van der Waals surface area (Å²) < 4.78 is 6.08. The molecule has 0 amide bonds. The molecule has 0 spiro atoms. The van der Waals surface area contributed by atoms with Gasteiger partial charge in [-0.3, -0.25) is 0 Å². The number of fused-ring (bicyclic) bond motifs is 1. The Balaban J connectivity index is 1.64. The maximum Gasteiger partial charge on any atom is 0.0727 e. The van der Waals surface area contributed by atoms with Crippen molar-refractivity contribution < 1.29 is 4.74 Å². The molecule has 0 aliphatic carbocycles. The summed E-state index contributed by atoms with van der Waals surface area (Å²) in [5.74, 6) is 0. The molecule has 1 aliphatic rings. The van der Waals surface area contributed by atoms with Crippen LogP contribution in [0, 0.1) is 0 Å². The Morgan fingerprint density at radius 1 is 0.913 bits per heavy atom. The molecule has 23 heavy (non-hydrogen) atoms. The third-order valence-electron chi connectivity index (χ3n) is 4.57. The van der Waals surface area contributed by atoms with Crippen molar-refractivity contribution in [3.63, 3.8) is 0 Å². The van der Waals surface area contributed by atoms with E-state index in [1.54, 1.807) is 0 Å². The van der Waals surface area contributed by atoms with Crippen LogP contribution in [0.15, 0.2) is 66.7 Å². The third-order valence-corrected chi connectivity index (χ3v) is 4.57. The zero-order chi connectivity index (χ0) is 15.5. The molecule has 1 N–H and O–H groups in total. The van der Waals surface area contributed by atoms with Crippen LogP contribution in [0.1, 0.15) is 12.0 Å². The second-order valence-electron chi connectivity index (χ2n) is 6.14. The van der Waals surface area contributed by atoms with Gasteiger partial charge in [-0.05, 0) is 46.5 Å². The molecule has 0 radical (unpaired) electrons. The zero-order valence-corrected chi connectivity index (χ0v) is 13.2. The Bertz CT molecular complexity index is 806. The van der Waals surface area contributed by atoms with E-state index in [0.717, 1.165) is 19.5 Å². The Morgan fingerprint density at radius 2 is 1.74 bits per heavy atom. The highest BCUT2D eigenvalue weighted by atomic mass is 16.5. The summed E-state index contributed by atoms with van der Waals surface area (Å²) in [7, 11) is 0. The summed E-state index contributed by atoms with van der Waals surface area (Å²) in [4.78, 5) is 0. The van der Waals surface area contributed by atoms with Crippen LogP contribution >= 0.6 is 0 Å². The topological polar surface area (TPSA) is 21.3 Å². The van der Waals surface area contributed by atoms with Gasteiger partial charge in [0.2, 0.25) is 0 Å². The smallest absolute Gasteiger partial charge is 0.0727 e. The SMILES string of the molecule is c1ccc(-c2ccc3ccccc3c2)c(CO[C@H]2CCNC2)c1. The number of hydrogen-bond donors (Lipinski definition) is 1. The van der Waals surface area contributed by atoms with Gasteiger partial charge < -0.3 is 10.1 Å². The third kappa shape index (κ3) is 3.14. The van der Waals surface area contributed by atoms with Gasteiger partial charge in [0, 0.05) is 6.54 Å². The van der Waals surface area contributed by atoms with Gasteiger partial charge in [-0.15, -0.1) is 0 Å². The van der Waals surface area contributed by atoms with Crippen molar-refractivity contribution in [3.05, 3.63) is 72.3 Å². The molecule has 1 atom stereocenters. The average Bonchev–Trinajstić information content (AvgIpc) is 3.13. The molecule has 2 heteroatoms. The lowest BCUT2D eigenvalue weighted by Crippen LogP contribution is -2.16. The number of nitrogens with one attached hydrogen (secondary N) is 1. The van der Waals surface area contributed by atoms with Crippen LogP contribution < -0.4 is 5.32 Å². The fourth-order valence-corrected chi connectivity index (χ4v) is 3.26. The largest absolute Gasteiger partial charge is 0.372 e. The molecule has 0 aromatic heterocycles. The van der Waals surface area contributed by atoms with Gasteiger partial charge in [0.05, 0.1) is 12.7 Å². The summed E-state index contributed by atoms with van der Waals surface area (Å²) in [6.45, 7) is 2.71. The monoisotopic (exact) mass is 303 g/mol. The maximum absolute atomic E-state index is 6.08. The predicted octanol–water partition coefficient (Wildman–Crippen LogP) is 4.39. The van der Waals surface area contributed by atoms with Crippen LogP contribution in [-0.4, -0.2) is 19.2 Å². The van der Waals surface area contributed by atoms with Crippen LogP contribution in [0.3, 0.4) is 0 Å². The van der Waals surface area contributed by atoms with Crippen molar-refractivity contribution >= 4 is 10.8 Å². The summed E-state index contributed by atoms with van der Waals surface area (Å²) in [6, 6.07) is 23.7. The molecule has 3 aromatic rings. The molecule has 0 saturated carbocycles. The van der Waals surface area contributed by atoms with Crippen molar-refractivity contribution in [1.82, 2.24) is 5.32 Å².